The fourth-order valence-electron chi connectivity index (χ4n) is 1.44. The third kappa shape index (κ3) is 1.56. The average molecular weight is 218 g/mol. The van der Waals surface area contributed by atoms with Gasteiger partial charge in [-0.3, -0.25) is 4.40 Å². The quantitative estimate of drug-likeness (QED) is 0.784. The molecule has 0 fully saturated rings. The number of rotatable bonds is 2. The van der Waals surface area contributed by atoms with Gasteiger partial charge in [-0.1, -0.05) is 12.0 Å². The fraction of sp³-hybridized carbons (Fsp3) is 0.182. The summed E-state index contributed by atoms with van der Waals surface area (Å²) in [5.41, 5.74) is 0.716. The highest BCUT2D eigenvalue weighted by atomic mass is 32.1. The minimum absolute atomic E-state index is 0.716. The van der Waals surface area contributed by atoms with Crippen LogP contribution in [0.2, 0.25) is 0 Å². The van der Waals surface area contributed by atoms with E-state index in [-0.39, 0.29) is 0 Å². The van der Waals surface area contributed by atoms with Crippen molar-refractivity contribution in [3.05, 3.63) is 29.2 Å². The zero-order chi connectivity index (χ0) is 10.8. The topological polar surface area (TPSA) is 37.5 Å². The maximum Gasteiger partial charge on any atom is 0.156 e. The lowest BCUT2D eigenvalue weighted by Gasteiger charge is -2.03. The highest BCUT2D eigenvalue weighted by Gasteiger charge is 2.15. The van der Waals surface area contributed by atoms with E-state index in [1.54, 1.807) is 23.9 Å². The summed E-state index contributed by atoms with van der Waals surface area (Å²) in [4.78, 5) is 5.96. The minimum Gasteiger partial charge on any atom is -0.374 e. The van der Waals surface area contributed by atoms with Gasteiger partial charge in [0.2, 0.25) is 0 Å². The molecule has 2 rings (SSSR count). The number of thiazole rings is 1. The zero-order valence-electron chi connectivity index (χ0n) is 8.21. The number of hydrogen-bond donors (Lipinski definition) is 1. The van der Waals surface area contributed by atoms with Crippen molar-refractivity contribution in [3.63, 3.8) is 0 Å². The highest BCUT2D eigenvalue weighted by molar-refractivity contribution is 7.18. The van der Waals surface area contributed by atoms with Crippen molar-refractivity contribution in [3.8, 4) is 12.3 Å². The van der Waals surface area contributed by atoms with Gasteiger partial charge < -0.3 is 5.11 Å². The third-order valence-electron chi connectivity index (χ3n) is 2.07. The molecule has 76 valence electrons. The Balaban J connectivity index is 2.69. The van der Waals surface area contributed by atoms with E-state index in [0.717, 1.165) is 9.71 Å². The second kappa shape index (κ2) is 3.89. The van der Waals surface area contributed by atoms with Crippen LogP contribution in [0.3, 0.4) is 0 Å². The van der Waals surface area contributed by atoms with Crippen LogP contribution in [-0.2, 0) is 0 Å². The highest BCUT2D eigenvalue weighted by Crippen LogP contribution is 2.28. The molecule has 3 nitrogen and oxygen atoms in total. The summed E-state index contributed by atoms with van der Waals surface area (Å²) in [7, 11) is 0. The van der Waals surface area contributed by atoms with E-state index < -0.39 is 6.10 Å². The Morgan fingerprint density at radius 1 is 1.73 bits per heavy atom. The molecule has 0 saturated carbocycles. The summed E-state index contributed by atoms with van der Waals surface area (Å²) in [5.74, 6) is 2.33. The maximum atomic E-state index is 9.73. The molecule has 2 aromatic rings. The van der Waals surface area contributed by atoms with Crippen LogP contribution in [0.5, 0.6) is 0 Å². The van der Waals surface area contributed by atoms with E-state index in [9.17, 15) is 5.11 Å². The molecule has 0 spiro atoms. The predicted molar refractivity (Wildman–Crippen MR) is 61.6 cm³/mol. The molecule has 0 bridgehead atoms. The van der Waals surface area contributed by atoms with Crippen LogP contribution in [0, 0.1) is 12.3 Å². The first-order valence-electron chi connectivity index (χ1n) is 4.49. The summed E-state index contributed by atoms with van der Waals surface area (Å²) in [6.07, 6.45) is 11.6. The number of allylic oxidation sites excluding steroid dienone is 1. The molecule has 0 radical (unpaired) electrons. The molecular formula is C11H10N2OS. The smallest absolute Gasteiger partial charge is 0.156 e. The summed E-state index contributed by atoms with van der Waals surface area (Å²) in [6, 6.07) is 0. The van der Waals surface area contributed by atoms with Crippen LogP contribution in [0.4, 0.5) is 0 Å². The van der Waals surface area contributed by atoms with Gasteiger partial charge in [-0.05, 0) is 13.0 Å². The largest absolute Gasteiger partial charge is 0.374 e. The van der Waals surface area contributed by atoms with Crippen molar-refractivity contribution in [2.24, 2.45) is 0 Å². The van der Waals surface area contributed by atoms with Crippen molar-refractivity contribution in [1.82, 2.24) is 9.38 Å². The normalized spacial score (nSPS) is 13.4. The predicted octanol–water partition coefficient (Wildman–Crippen LogP) is 2.10. The molecule has 1 atom stereocenters. The molecule has 4 heteroatoms. The fourth-order valence-corrected chi connectivity index (χ4v) is 2.54. The summed E-state index contributed by atoms with van der Waals surface area (Å²) in [6.45, 7) is 1.93. The molecule has 2 aromatic heterocycles. The first-order chi connectivity index (χ1) is 7.27. The van der Waals surface area contributed by atoms with Gasteiger partial charge in [0.25, 0.3) is 0 Å². The van der Waals surface area contributed by atoms with Crippen molar-refractivity contribution < 1.29 is 5.11 Å². The third-order valence-corrected chi connectivity index (χ3v) is 3.14. The Hall–Kier alpha value is -1.57. The molecule has 15 heavy (non-hydrogen) atoms. The van der Waals surface area contributed by atoms with Crippen LogP contribution in [-0.4, -0.2) is 14.5 Å². The Kier molecular flexibility index (Phi) is 2.58. The van der Waals surface area contributed by atoms with E-state index in [2.05, 4.69) is 10.9 Å². The van der Waals surface area contributed by atoms with Crippen LogP contribution >= 0.6 is 11.3 Å². The Morgan fingerprint density at radius 2 is 2.53 bits per heavy atom. The molecule has 1 N–H and O–H groups in total. The second-order valence-corrected chi connectivity index (χ2v) is 4.08. The van der Waals surface area contributed by atoms with Crippen molar-refractivity contribution >= 4 is 22.2 Å². The standard InChI is InChI=1S/C11H10N2OS/c1-3-5-9-11(8(14)4-2)13-7-12-6-10(13)15-9/h2-3,5-8,14H,1H3. The van der Waals surface area contributed by atoms with E-state index in [4.69, 9.17) is 6.42 Å². The van der Waals surface area contributed by atoms with Gasteiger partial charge >= 0.3 is 0 Å². The lowest BCUT2D eigenvalue weighted by Crippen LogP contribution is -1.99. The van der Waals surface area contributed by atoms with Gasteiger partial charge in [-0.15, -0.1) is 17.8 Å². The minimum atomic E-state index is -0.890. The van der Waals surface area contributed by atoms with Crippen LogP contribution in [0.15, 0.2) is 18.6 Å². The van der Waals surface area contributed by atoms with Gasteiger partial charge in [-0.25, -0.2) is 4.98 Å². The molecule has 0 aliphatic heterocycles. The van der Waals surface area contributed by atoms with Gasteiger partial charge in [0, 0.05) is 0 Å². The number of nitrogens with zero attached hydrogens (tertiary/aromatic N) is 2. The number of hydrogen-bond acceptors (Lipinski definition) is 3. The number of aliphatic hydroxyl groups excluding tert-OH is 1. The molecule has 0 aliphatic rings. The van der Waals surface area contributed by atoms with E-state index in [0.29, 0.717) is 5.69 Å². The molecule has 2 heterocycles. The van der Waals surface area contributed by atoms with Gasteiger partial charge in [0.15, 0.2) is 6.10 Å². The number of imidazole rings is 1. The molecule has 0 amide bonds. The van der Waals surface area contributed by atoms with Crippen LogP contribution < -0.4 is 0 Å². The van der Waals surface area contributed by atoms with E-state index in [1.165, 1.54) is 0 Å². The SMILES string of the molecule is C#CC(O)c1c(C=CC)sc2cncn12. The molecule has 1 unspecified atom stereocenters. The number of fused-ring (bicyclic) bond motifs is 1. The first-order valence-corrected chi connectivity index (χ1v) is 5.31. The van der Waals surface area contributed by atoms with Crippen molar-refractivity contribution in [1.29, 1.82) is 0 Å². The van der Waals surface area contributed by atoms with Gasteiger partial charge in [-0.2, -0.15) is 0 Å². The Bertz CT molecular complexity index is 544. The second-order valence-electron chi connectivity index (χ2n) is 3.02. The van der Waals surface area contributed by atoms with Crippen molar-refractivity contribution in [2.45, 2.75) is 13.0 Å². The van der Waals surface area contributed by atoms with E-state index >= 15 is 0 Å². The lowest BCUT2D eigenvalue weighted by atomic mass is 10.2. The lowest BCUT2D eigenvalue weighted by molar-refractivity contribution is 0.232. The van der Waals surface area contributed by atoms with E-state index in [1.807, 2.05) is 23.5 Å². The van der Waals surface area contributed by atoms with Crippen LogP contribution in [0.1, 0.15) is 23.6 Å². The van der Waals surface area contributed by atoms with Crippen molar-refractivity contribution in [2.75, 3.05) is 0 Å². The average Bonchev–Trinajstić information content (AvgIpc) is 2.77. The molecule has 0 aromatic carbocycles. The summed E-state index contributed by atoms with van der Waals surface area (Å²) >= 11 is 1.56. The molecule has 0 saturated heterocycles. The first kappa shape index (κ1) is 9.97. The van der Waals surface area contributed by atoms with Gasteiger partial charge in [0.05, 0.1) is 16.8 Å². The monoisotopic (exact) mass is 218 g/mol. The number of aromatic nitrogens is 2. The maximum absolute atomic E-state index is 9.73. The van der Waals surface area contributed by atoms with Gasteiger partial charge in [0.1, 0.15) is 11.2 Å². The summed E-state index contributed by atoms with van der Waals surface area (Å²) < 4.78 is 1.82. The Morgan fingerprint density at radius 3 is 3.20 bits per heavy atom. The zero-order valence-corrected chi connectivity index (χ0v) is 9.03. The number of terminal acetylenes is 1. The summed E-state index contributed by atoms with van der Waals surface area (Å²) in [5, 5.41) is 9.73. The molecular weight excluding hydrogens is 208 g/mol. The van der Waals surface area contributed by atoms with Crippen LogP contribution in [0.25, 0.3) is 10.9 Å². The Labute approximate surface area is 91.7 Å². The molecule has 0 aliphatic carbocycles. The number of aliphatic hydroxyl groups is 1.